The highest BCUT2D eigenvalue weighted by molar-refractivity contribution is 5.76. The Hall–Kier alpha value is -1.09. The normalized spacial score (nSPS) is 22.4. The third-order valence-corrected chi connectivity index (χ3v) is 3.29. The Morgan fingerprint density at radius 2 is 1.79 bits per heavy atom. The lowest BCUT2D eigenvalue weighted by atomic mass is 10.1. The number of epoxide rings is 1. The van der Waals surface area contributed by atoms with E-state index >= 15 is 0 Å². The molecule has 108 valence electrons. The predicted octanol–water partition coefficient (Wildman–Crippen LogP) is 4.09. The van der Waals surface area contributed by atoms with Crippen LogP contribution in [0, 0.1) is 0 Å². The standard InChI is InChI=1S/C16H26O3/c1-2-3-4-5-6-7-8-9-10-11-12-13-14-15(19-14)16(17)18/h10-15H,2-9H2,1H3,(H,17,18). The van der Waals surface area contributed by atoms with Gasteiger partial charge in [-0.05, 0) is 12.8 Å². The Kier molecular flexibility index (Phi) is 8.23. The van der Waals surface area contributed by atoms with Gasteiger partial charge in [0.1, 0.15) is 6.10 Å². The van der Waals surface area contributed by atoms with Crippen molar-refractivity contribution in [3.05, 3.63) is 24.3 Å². The van der Waals surface area contributed by atoms with Gasteiger partial charge in [0.05, 0.1) is 0 Å². The number of unbranched alkanes of at least 4 members (excludes halogenated alkanes) is 7. The molecular weight excluding hydrogens is 240 g/mol. The molecule has 1 aliphatic heterocycles. The molecule has 0 aromatic heterocycles. The number of hydrogen-bond acceptors (Lipinski definition) is 2. The van der Waals surface area contributed by atoms with Crippen LogP contribution in [0.5, 0.6) is 0 Å². The van der Waals surface area contributed by atoms with E-state index in [1.165, 1.54) is 44.9 Å². The molecule has 2 unspecified atom stereocenters. The second kappa shape index (κ2) is 9.79. The van der Waals surface area contributed by atoms with E-state index in [-0.39, 0.29) is 6.10 Å². The Morgan fingerprint density at radius 3 is 2.42 bits per heavy atom. The van der Waals surface area contributed by atoms with E-state index in [0.29, 0.717) is 0 Å². The summed E-state index contributed by atoms with van der Waals surface area (Å²) in [4.78, 5) is 10.5. The first-order valence-electron chi connectivity index (χ1n) is 7.47. The fourth-order valence-electron chi connectivity index (χ4n) is 2.04. The van der Waals surface area contributed by atoms with Gasteiger partial charge < -0.3 is 9.84 Å². The second-order valence-corrected chi connectivity index (χ2v) is 5.08. The van der Waals surface area contributed by atoms with Gasteiger partial charge in [0.2, 0.25) is 0 Å². The molecule has 0 spiro atoms. The van der Waals surface area contributed by atoms with Gasteiger partial charge in [-0.15, -0.1) is 0 Å². The van der Waals surface area contributed by atoms with Crippen LogP contribution in [0.4, 0.5) is 0 Å². The van der Waals surface area contributed by atoms with Crippen molar-refractivity contribution < 1.29 is 14.6 Å². The molecular formula is C16H26O3. The molecule has 19 heavy (non-hydrogen) atoms. The summed E-state index contributed by atoms with van der Waals surface area (Å²) in [6, 6.07) is 0. The molecule has 1 aliphatic rings. The van der Waals surface area contributed by atoms with E-state index in [1.807, 2.05) is 12.2 Å². The third-order valence-electron chi connectivity index (χ3n) is 3.29. The summed E-state index contributed by atoms with van der Waals surface area (Å²) in [5, 5.41) is 8.62. The van der Waals surface area contributed by atoms with Gasteiger partial charge in [-0.1, -0.05) is 69.8 Å². The maximum absolute atomic E-state index is 10.5. The van der Waals surface area contributed by atoms with Crippen molar-refractivity contribution >= 4 is 5.97 Å². The number of aliphatic carboxylic acids is 1. The molecule has 3 nitrogen and oxygen atoms in total. The Labute approximate surface area is 116 Å². The average molecular weight is 266 g/mol. The van der Waals surface area contributed by atoms with Gasteiger partial charge >= 0.3 is 5.97 Å². The summed E-state index contributed by atoms with van der Waals surface area (Å²) >= 11 is 0. The van der Waals surface area contributed by atoms with Crippen LogP contribution >= 0.6 is 0 Å². The molecule has 0 aromatic rings. The first-order valence-corrected chi connectivity index (χ1v) is 7.47. The van der Waals surface area contributed by atoms with Crippen LogP contribution in [0.25, 0.3) is 0 Å². The molecule has 0 aromatic carbocycles. The van der Waals surface area contributed by atoms with Crippen LogP contribution in [0.3, 0.4) is 0 Å². The molecule has 1 N–H and O–H groups in total. The molecule has 3 heteroatoms. The molecule has 0 bridgehead atoms. The largest absolute Gasteiger partial charge is 0.479 e. The van der Waals surface area contributed by atoms with Crippen molar-refractivity contribution in [2.24, 2.45) is 0 Å². The Balaban J connectivity index is 1.88. The maximum Gasteiger partial charge on any atom is 0.335 e. The lowest BCUT2D eigenvalue weighted by molar-refractivity contribution is -0.138. The first-order chi connectivity index (χ1) is 9.25. The van der Waals surface area contributed by atoms with Crippen LogP contribution < -0.4 is 0 Å². The van der Waals surface area contributed by atoms with Crippen molar-refractivity contribution in [3.63, 3.8) is 0 Å². The van der Waals surface area contributed by atoms with E-state index < -0.39 is 12.1 Å². The summed E-state index contributed by atoms with van der Waals surface area (Å²) in [6.45, 7) is 2.24. The minimum Gasteiger partial charge on any atom is -0.479 e. The molecule has 1 rings (SSSR count). The molecule has 0 aliphatic carbocycles. The van der Waals surface area contributed by atoms with Crippen molar-refractivity contribution in [2.45, 2.75) is 70.5 Å². The minimum atomic E-state index is -0.873. The fraction of sp³-hybridized carbons (Fsp3) is 0.688. The van der Waals surface area contributed by atoms with Gasteiger partial charge in [0, 0.05) is 0 Å². The monoisotopic (exact) mass is 266 g/mol. The van der Waals surface area contributed by atoms with Gasteiger partial charge in [-0.3, -0.25) is 0 Å². The average Bonchev–Trinajstić information content (AvgIpc) is 3.16. The lowest BCUT2D eigenvalue weighted by Crippen LogP contribution is -2.06. The molecule has 1 fully saturated rings. The minimum absolute atomic E-state index is 0.222. The summed E-state index contributed by atoms with van der Waals surface area (Å²) in [5.41, 5.74) is 0. The van der Waals surface area contributed by atoms with E-state index in [4.69, 9.17) is 9.84 Å². The molecule has 2 atom stereocenters. The summed E-state index contributed by atoms with van der Waals surface area (Å²) in [6.07, 6.45) is 17.4. The molecule has 0 saturated carbocycles. The van der Waals surface area contributed by atoms with Crippen LogP contribution in [-0.2, 0) is 9.53 Å². The highest BCUT2D eigenvalue weighted by atomic mass is 16.6. The number of allylic oxidation sites excluding steroid dienone is 3. The zero-order valence-electron chi connectivity index (χ0n) is 11.9. The Morgan fingerprint density at radius 1 is 1.11 bits per heavy atom. The zero-order chi connectivity index (χ0) is 13.9. The zero-order valence-corrected chi connectivity index (χ0v) is 11.9. The lowest BCUT2D eigenvalue weighted by Gasteiger charge is -1.98. The van der Waals surface area contributed by atoms with Crippen molar-refractivity contribution in [1.29, 1.82) is 0 Å². The second-order valence-electron chi connectivity index (χ2n) is 5.08. The van der Waals surface area contributed by atoms with Gasteiger partial charge in [0.25, 0.3) is 0 Å². The van der Waals surface area contributed by atoms with Crippen molar-refractivity contribution in [1.82, 2.24) is 0 Å². The highest BCUT2D eigenvalue weighted by Crippen LogP contribution is 2.23. The van der Waals surface area contributed by atoms with E-state index in [0.717, 1.165) is 6.42 Å². The quantitative estimate of drug-likeness (QED) is 0.348. The van der Waals surface area contributed by atoms with E-state index in [2.05, 4.69) is 13.0 Å². The number of rotatable bonds is 11. The van der Waals surface area contributed by atoms with Crippen LogP contribution in [0.15, 0.2) is 24.3 Å². The van der Waals surface area contributed by atoms with Crippen molar-refractivity contribution in [2.75, 3.05) is 0 Å². The van der Waals surface area contributed by atoms with Gasteiger partial charge in [-0.2, -0.15) is 0 Å². The number of carboxylic acids is 1. The van der Waals surface area contributed by atoms with Gasteiger partial charge in [-0.25, -0.2) is 4.79 Å². The number of ether oxygens (including phenoxy) is 1. The highest BCUT2D eigenvalue weighted by Gasteiger charge is 2.43. The molecule has 1 saturated heterocycles. The van der Waals surface area contributed by atoms with Crippen LogP contribution in [-0.4, -0.2) is 23.3 Å². The number of hydrogen-bond donors (Lipinski definition) is 1. The number of carboxylic acid groups (broad SMARTS) is 1. The van der Waals surface area contributed by atoms with E-state index in [1.54, 1.807) is 6.08 Å². The van der Waals surface area contributed by atoms with Crippen molar-refractivity contribution in [3.8, 4) is 0 Å². The summed E-state index contributed by atoms with van der Waals surface area (Å²) < 4.78 is 4.95. The van der Waals surface area contributed by atoms with Crippen LogP contribution in [0.1, 0.15) is 58.3 Å². The van der Waals surface area contributed by atoms with Gasteiger partial charge in [0.15, 0.2) is 6.10 Å². The third kappa shape index (κ3) is 7.83. The smallest absolute Gasteiger partial charge is 0.335 e. The number of carbonyl (C=O) groups is 1. The Bertz CT molecular complexity index is 307. The molecule has 0 amide bonds. The maximum atomic E-state index is 10.5. The summed E-state index contributed by atoms with van der Waals surface area (Å²) in [7, 11) is 0. The molecule has 0 radical (unpaired) electrons. The first kappa shape index (κ1) is 16.0. The SMILES string of the molecule is CCCCCCCCCC=CC=CC1OC1C(=O)O. The van der Waals surface area contributed by atoms with Crippen LogP contribution in [0.2, 0.25) is 0 Å². The molecule has 1 heterocycles. The van der Waals surface area contributed by atoms with E-state index in [9.17, 15) is 4.79 Å². The topological polar surface area (TPSA) is 49.8 Å². The predicted molar refractivity (Wildman–Crippen MR) is 77.2 cm³/mol. The summed E-state index contributed by atoms with van der Waals surface area (Å²) in [5.74, 6) is -0.873. The fourth-order valence-corrected chi connectivity index (χ4v) is 2.04.